The average molecular weight is 1240 g/mol. The lowest BCUT2D eigenvalue weighted by Crippen LogP contribution is -2.30. The maximum Gasteiger partial charge on any atom is 0.472 e. The molecule has 0 bridgehead atoms. The molecule has 0 aliphatic rings. The minimum absolute atomic E-state index is 0.101. The molecule has 0 fully saturated rings. The van der Waals surface area contributed by atoms with Crippen molar-refractivity contribution in [2.24, 2.45) is 5.92 Å². The van der Waals surface area contributed by atoms with E-state index < -0.39 is 97.5 Å². The zero-order chi connectivity index (χ0) is 62.0. The van der Waals surface area contributed by atoms with Gasteiger partial charge in [-0.05, 0) is 31.6 Å². The standard InChI is InChI=1S/C65H126O17P2/c1-6-9-12-15-17-19-21-22-23-24-25-26-27-28-30-32-34-40-45-50-64(69)81-61(55-76-63(68)49-44-39-33-31-29-20-18-16-13-10-7-2)57-80-84(73,74)78-53-59(66)52-77-83(71,72)79-56-60(54-75-62(67)48-43-37-14-11-8-3)82-65(70)51-46-41-36-35-38-42-47-58(4)5/h58-61,66H,6-57H2,1-5H3,(H,71,72)(H,73,74)/t59-,60+,61+/m0/s1. The highest BCUT2D eigenvalue weighted by atomic mass is 31.2. The van der Waals surface area contributed by atoms with Gasteiger partial charge in [0.15, 0.2) is 12.2 Å². The van der Waals surface area contributed by atoms with E-state index in [1.54, 1.807) is 0 Å². The van der Waals surface area contributed by atoms with Gasteiger partial charge < -0.3 is 33.8 Å². The van der Waals surface area contributed by atoms with Crippen LogP contribution >= 0.6 is 15.6 Å². The van der Waals surface area contributed by atoms with E-state index in [0.717, 1.165) is 96.3 Å². The van der Waals surface area contributed by atoms with Crippen molar-refractivity contribution < 1.29 is 80.2 Å². The molecule has 0 spiro atoms. The van der Waals surface area contributed by atoms with Gasteiger partial charge in [-0.2, -0.15) is 0 Å². The SMILES string of the molecule is CCCCCCCCCCCCCCCCCCCCCC(=O)O[C@H](COC(=O)CCCCCCCCCCCCC)COP(=O)(O)OC[C@@H](O)COP(=O)(O)OC[C@@H](COC(=O)CCCCCCC)OC(=O)CCCCCCCCC(C)C. The van der Waals surface area contributed by atoms with Crippen molar-refractivity contribution in [3.63, 3.8) is 0 Å². The van der Waals surface area contributed by atoms with Gasteiger partial charge in [-0.3, -0.25) is 37.3 Å². The fraction of sp³-hybridized carbons (Fsp3) is 0.938. The zero-order valence-corrected chi connectivity index (χ0v) is 55.8. The Labute approximate surface area is 511 Å². The summed E-state index contributed by atoms with van der Waals surface area (Å²) < 4.78 is 67.8. The number of rotatable bonds is 65. The van der Waals surface area contributed by atoms with Gasteiger partial charge in [0.05, 0.1) is 26.4 Å². The number of phosphoric ester groups is 2. The number of ether oxygens (including phenoxy) is 4. The van der Waals surface area contributed by atoms with Crippen LogP contribution in [0.1, 0.15) is 330 Å². The highest BCUT2D eigenvalue weighted by Gasteiger charge is 2.30. The summed E-state index contributed by atoms with van der Waals surface area (Å²) in [6.07, 6.45) is 43.7. The van der Waals surface area contributed by atoms with Gasteiger partial charge in [0, 0.05) is 25.7 Å². The lowest BCUT2D eigenvalue weighted by atomic mass is 10.0. The molecule has 0 aliphatic carbocycles. The minimum atomic E-state index is -4.94. The average Bonchev–Trinajstić information content (AvgIpc) is 3.57. The zero-order valence-electron chi connectivity index (χ0n) is 54.0. The van der Waals surface area contributed by atoms with Crippen molar-refractivity contribution >= 4 is 39.5 Å². The highest BCUT2D eigenvalue weighted by Crippen LogP contribution is 2.45. The monoisotopic (exact) mass is 1240 g/mol. The molecule has 84 heavy (non-hydrogen) atoms. The molecule has 0 rings (SSSR count). The van der Waals surface area contributed by atoms with Gasteiger partial charge in [-0.25, -0.2) is 9.13 Å². The fourth-order valence-electron chi connectivity index (χ4n) is 9.76. The molecular formula is C65H126O17P2. The molecule has 0 saturated carbocycles. The largest absolute Gasteiger partial charge is 0.472 e. The van der Waals surface area contributed by atoms with E-state index in [2.05, 4.69) is 34.6 Å². The van der Waals surface area contributed by atoms with E-state index in [1.165, 1.54) is 148 Å². The van der Waals surface area contributed by atoms with Gasteiger partial charge >= 0.3 is 39.5 Å². The first-order chi connectivity index (χ1) is 40.5. The van der Waals surface area contributed by atoms with Crippen molar-refractivity contribution in [1.29, 1.82) is 0 Å². The number of unbranched alkanes of at least 4 members (excludes halogenated alkanes) is 37. The van der Waals surface area contributed by atoms with Gasteiger partial charge in [0.1, 0.15) is 19.3 Å². The Kier molecular flexibility index (Phi) is 57.4. The maximum absolute atomic E-state index is 13.0. The number of hydrogen-bond acceptors (Lipinski definition) is 15. The van der Waals surface area contributed by atoms with Crippen molar-refractivity contribution in [3.05, 3.63) is 0 Å². The van der Waals surface area contributed by atoms with Crippen LogP contribution in [0.15, 0.2) is 0 Å². The third kappa shape index (κ3) is 59.0. The number of carbonyl (C=O) groups is 4. The van der Waals surface area contributed by atoms with Gasteiger partial charge in [-0.1, -0.05) is 279 Å². The molecule has 0 saturated heterocycles. The molecule has 3 N–H and O–H groups in total. The Morgan fingerprint density at radius 1 is 0.321 bits per heavy atom. The fourth-order valence-corrected chi connectivity index (χ4v) is 11.3. The third-order valence-corrected chi connectivity index (χ3v) is 16.9. The van der Waals surface area contributed by atoms with E-state index in [4.69, 9.17) is 37.0 Å². The first-order valence-electron chi connectivity index (χ1n) is 34.1. The van der Waals surface area contributed by atoms with Crippen LogP contribution in [-0.2, 0) is 65.4 Å². The Bertz CT molecular complexity index is 1640. The molecule has 498 valence electrons. The van der Waals surface area contributed by atoms with Gasteiger partial charge in [0.25, 0.3) is 0 Å². The summed E-state index contributed by atoms with van der Waals surface area (Å²) in [6.45, 7) is 7.02. The lowest BCUT2D eigenvalue weighted by Gasteiger charge is -2.21. The van der Waals surface area contributed by atoms with Gasteiger partial charge in [-0.15, -0.1) is 0 Å². The van der Waals surface area contributed by atoms with Gasteiger partial charge in [0.2, 0.25) is 0 Å². The predicted octanol–water partition coefficient (Wildman–Crippen LogP) is 18.2. The number of aliphatic hydroxyl groups excluding tert-OH is 1. The molecule has 5 atom stereocenters. The van der Waals surface area contributed by atoms with Crippen LogP contribution in [0.3, 0.4) is 0 Å². The summed E-state index contributed by atoms with van der Waals surface area (Å²) in [4.78, 5) is 71.9. The van der Waals surface area contributed by atoms with Crippen LogP contribution in [0.2, 0.25) is 0 Å². The van der Waals surface area contributed by atoms with Crippen LogP contribution in [0.5, 0.6) is 0 Å². The van der Waals surface area contributed by atoms with E-state index in [9.17, 15) is 43.2 Å². The smallest absolute Gasteiger partial charge is 0.462 e. The molecule has 2 unspecified atom stereocenters. The lowest BCUT2D eigenvalue weighted by molar-refractivity contribution is -0.161. The number of hydrogen-bond donors (Lipinski definition) is 3. The molecule has 0 amide bonds. The molecule has 0 heterocycles. The second kappa shape index (κ2) is 58.7. The first-order valence-corrected chi connectivity index (χ1v) is 37.1. The second-order valence-corrected chi connectivity index (χ2v) is 26.9. The van der Waals surface area contributed by atoms with Crippen molar-refractivity contribution in [3.8, 4) is 0 Å². The van der Waals surface area contributed by atoms with Crippen LogP contribution in [0.25, 0.3) is 0 Å². The van der Waals surface area contributed by atoms with E-state index in [-0.39, 0.29) is 25.7 Å². The number of esters is 4. The maximum atomic E-state index is 13.0. The predicted molar refractivity (Wildman–Crippen MR) is 335 cm³/mol. The van der Waals surface area contributed by atoms with Crippen molar-refractivity contribution in [2.45, 2.75) is 348 Å². The number of aliphatic hydroxyl groups is 1. The molecule has 0 aromatic rings. The first kappa shape index (κ1) is 82.1. The Hall–Kier alpha value is -1.94. The summed E-state index contributed by atoms with van der Waals surface area (Å²) in [5.41, 5.74) is 0. The third-order valence-electron chi connectivity index (χ3n) is 15.0. The Morgan fingerprint density at radius 2 is 0.548 bits per heavy atom. The van der Waals surface area contributed by atoms with E-state index in [1.807, 2.05) is 0 Å². The highest BCUT2D eigenvalue weighted by molar-refractivity contribution is 7.47. The molecule has 0 aliphatic heterocycles. The quantitative estimate of drug-likeness (QED) is 0.0222. The van der Waals surface area contributed by atoms with Crippen LogP contribution in [0, 0.1) is 5.92 Å². The topological polar surface area (TPSA) is 237 Å². The molecule has 0 radical (unpaired) electrons. The van der Waals surface area contributed by atoms with E-state index in [0.29, 0.717) is 31.6 Å². The minimum Gasteiger partial charge on any atom is -0.462 e. The van der Waals surface area contributed by atoms with Crippen LogP contribution in [0.4, 0.5) is 0 Å². The Balaban J connectivity index is 5.11. The van der Waals surface area contributed by atoms with E-state index >= 15 is 0 Å². The molecular weight excluding hydrogens is 1110 g/mol. The van der Waals surface area contributed by atoms with Crippen molar-refractivity contribution in [2.75, 3.05) is 39.6 Å². The molecule has 19 heteroatoms. The molecule has 0 aromatic heterocycles. The second-order valence-electron chi connectivity index (χ2n) is 24.0. The summed E-state index contributed by atoms with van der Waals surface area (Å²) in [5, 5.41) is 10.5. The normalized spacial score (nSPS) is 14.2. The Morgan fingerprint density at radius 3 is 0.810 bits per heavy atom. The summed E-state index contributed by atoms with van der Waals surface area (Å²) in [5.74, 6) is -1.48. The molecule has 0 aromatic carbocycles. The van der Waals surface area contributed by atoms with Crippen LogP contribution < -0.4 is 0 Å². The van der Waals surface area contributed by atoms with Crippen molar-refractivity contribution in [1.82, 2.24) is 0 Å². The molecule has 17 nitrogen and oxygen atoms in total. The van der Waals surface area contributed by atoms with Crippen LogP contribution in [-0.4, -0.2) is 96.7 Å². The summed E-state index contributed by atoms with van der Waals surface area (Å²) in [6, 6.07) is 0. The number of carbonyl (C=O) groups excluding carboxylic acids is 4. The summed E-state index contributed by atoms with van der Waals surface area (Å²) >= 11 is 0. The summed E-state index contributed by atoms with van der Waals surface area (Å²) in [7, 11) is -9.88. The number of phosphoric acid groups is 2.